The van der Waals surface area contributed by atoms with Gasteiger partial charge in [-0.05, 0) is 38.5 Å². The van der Waals surface area contributed by atoms with Gasteiger partial charge in [0.15, 0.2) is 5.65 Å². The number of rotatable bonds is 4. The zero-order chi connectivity index (χ0) is 19.8. The Bertz CT molecular complexity index is 1090. The minimum Gasteiger partial charge on any atom is -0.497 e. The van der Waals surface area contributed by atoms with E-state index in [-0.39, 0.29) is 6.61 Å². The first kappa shape index (κ1) is 18.0. The molecule has 144 valence electrons. The number of aryl methyl sites for hydroxylation is 1. The summed E-state index contributed by atoms with van der Waals surface area (Å²) in [4.78, 5) is 21.7. The third kappa shape index (κ3) is 2.87. The van der Waals surface area contributed by atoms with Crippen molar-refractivity contribution in [3.63, 3.8) is 0 Å². The predicted octanol–water partition coefficient (Wildman–Crippen LogP) is 2.80. The Kier molecular flexibility index (Phi) is 4.46. The van der Waals surface area contributed by atoms with Crippen molar-refractivity contribution in [3.8, 4) is 11.6 Å². The Morgan fingerprint density at radius 1 is 1.25 bits per heavy atom. The summed E-state index contributed by atoms with van der Waals surface area (Å²) in [6.07, 6.45) is 1.56. The Morgan fingerprint density at radius 2 is 2.00 bits per heavy atom. The second kappa shape index (κ2) is 6.95. The molecule has 8 heteroatoms. The van der Waals surface area contributed by atoms with Crippen LogP contribution in [0.25, 0.3) is 5.65 Å². The summed E-state index contributed by atoms with van der Waals surface area (Å²) in [7, 11) is 1.61. The standard InChI is InChI=1S/C20H20N4O4/c1-5-27-20(25)15-11(2)28-19-17(18-22-12(3)23-24(18)10-21-19)16(15)13-6-8-14(26-4)9-7-13/h6-10,16H,5H2,1-4H3/t16-/m0/s1. The summed E-state index contributed by atoms with van der Waals surface area (Å²) in [5.41, 5.74) is 2.58. The molecule has 1 aliphatic heterocycles. The maximum absolute atomic E-state index is 12.8. The number of hydrogen-bond donors (Lipinski definition) is 0. The van der Waals surface area contributed by atoms with E-state index >= 15 is 0 Å². The predicted molar refractivity (Wildman–Crippen MR) is 100 cm³/mol. The third-order valence-electron chi connectivity index (χ3n) is 4.64. The van der Waals surface area contributed by atoms with E-state index in [1.807, 2.05) is 24.3 Å². The zero-order valence-electron chi connectivity index (χ0n) is 16.1. The molecule has 0 saturated carbocycles. The van der Waals surface area contributed by atoms with Gasteiger partial charge >= 0.3 is 5.97 Å². The molecule has 3 heterocycles. The molecule has 1 aromatic carbocycles. The molecule has 0 unspecified atom stereocenters. The van der Waals surface area contributed by atoms with Crippen LogP contribution in [0, 0.1) is 6.92 Å². The molecular formula is C20H20N4O4. The van der Waals surface area contributed by atoms with E-state index in [4.69, 9.17) is 14.2 Å². The van der Waals surface area contributed by atoms with Gasteiger partial charge in [0.1, 0.15) is 23.7 Å². The quantitative estimate of drug-likeness (QED) is 0.643. The molecule has 0 radical (unpaired) electrons. The van der Waals surface area contributed by atoms with Gasteiger partial charge in [0.05, 0.1) is 30.8 Å². The van der Waals surface area contributed by atoms with Gasteiger partial charge in [-0.1, -0.05) is 12.1 Å². The van der Waals surface area contributed by atoms with Gasteiger partial charge in [-0.15, -0.1) is 0 Å². The first-order valence-electron chi connectivity index (χ1n) is 8.95. The molecule has 0 aliphatic carbocycles. The highest BCUT2D eigenvalue weighted by Crippen LogP contribution is 2.44. The van der Waals surface area contributed by atoms with E-state index in [1.165, 1.54) is 0 Å². The number of carbonyl (C=O) groups excluding carboxylic acids is 1. The Morgan fingerprint density at radius 3 is 2.68 bits per heavy atom. The Balaban J connectivity index is 1.98. The van der Waals surface area contributed by atoms with Crippen molar-refractivity contribution in [2.75, 3.05) is 13.7 Å². The largest absolute Gasteiger partial charge is 0.497 e. The SMILES string of the molecule is CCOC(=O)C1=C(C)Oc2ncn3nc(C)nc3c2[C@H]1c1ccc(OC)cc1. The maximum Gasteiger partial charge on any atom is 0.338 e. The molecule has 1 atom stereocenters. The molecule has 0 N–H and O–H groups in total. The number of methoxy groups -OCH3 is 1. The molecule has 0 bridgehead atoms. The number of fused-ring (bicyclic) bond motifs is 3. The third-order valence-corrected chi connectivity index (χ3v) is 4.64. The normalized spacial score (nSPS) is 15.9. The lowest BCUT2D eigenvalue weighted by atomic mass is 9.83. The van der Waals surface area contributed by atoms with E-state index in [1.54, 1.807) is 38.7 Å². The van der Waals surface area contributed by atoms with Gasteiger partial charge < -0.3 is 14.2 Å². The van der Waals surface area contributed by atoms with Gasteiger partial charge in [0.2, 0.25) is 5.88 Å². The van der Waals surface area contributed by atoms with Crippen molar-refractivity contribution in [3.05, 3.63) is 58.9 Å². The lowest BCUT2D eigenvalue weighted by molar-refractivity contribution is -0.139. The molecule has 0 saturated heterocycles. The molecule has 1 aliphatic rings. The summed E-state index contributed by atoms with van der Waals surface area (Å²) in [6.45, 7) is 5.59. The summed E-state index contributed by atoms with van der Waals surface area (Å²) in [5.74, 6) is 1.32. The molecule has 28 heavy (non-hydrogen) atoms. The number of benzene rings is 1. The second-order valence-corrected chi connectivity index (χ2v) is 6.39. The first-order valence-corrected chi connectivity index (χ1v) is 8.95. The van der Waals surface area contributed by atoms with Crippen molar-refractivity contribution in [1.82, 2.24) is 19.6 Å². The monoisotopic (exact) mass is 380 g/mol. The summed E-state index contributed by atoms with van der Waals surface area (Å²) < 4.78 is 18.1. The Hall–Kier alpha value is -3.42. The van der Waals surface area contributed by atoms with Crippen molar-refractivity contribution < 1.29 is 19.0 Å². The topological polar surface area (TPSA) is 87.8 Å². The first-order chi connectivity index (χ1) is 13.5. The van der Waals surface area contributed by atoms with E-state index < -0.39 is 11.9 Å². The maximum atomic E-state index is 12.8. The minimum atomic E-state index is -0.450. The average molecular weight is 380 g/mol. The van der Waals surface area contributed by atoms with Crippen LogP contribution < -0.4 is 9.47 Å². The molecule has 0 amide bonds. The highest BCUT2D eigenvalue weighted by atomic mass is 16.5. The molecular weight excluding hydrogens is 360 g/mol. The number of ether oxygens (including phenoxy) is 3. The number of allylic oxidation sites excluding steroid dienone is 1. The highest BCUT2D eigenvalue weighted by Gasteiger charge is 2.38. The van der Waals surface area contributed by atoms with Gasteiger partial charge in [0, 0.05) is 0 Å². The van der Waals surface area contributed by atoms with E-state index in [2.05, 4.69) is 15.1 Å². The average Bonchev–Trinajstić information content (AvgIpc) is 3.07. The van der Waals surface area contributed by atoms with Gasteiger partial charge in [0.25, 0.3) is 0 Å². The summed E-state index contributed by atoms with van der Waals surface area (Å²) >= 11 is 0. The minimum absolute atomic E-state index is 0.268. The van der Waals surface area contributed by atoms with Crippen molar-refractivity contribution >= 4 is 11.6 Å². The van der Waals surface area contributed by atoms with Crippen LogP contribution in [0.2, 0.25) is 0 Å². The molecule has 3 aromatic rings. The fourth-order valence-electron chi connectivity index (χ4n) is 3.45. The number of carbonyl (C=O) groups is 1. The smallest absolute Gasteiger partial charge is 0.338 e. The molecule has 4 rings (SSSR count). The van der Waals surface area contributed by atoms with Crippen LogP contribution in [-0.2, 0) is 9.53 Å². The molecule has 2 aromatic heterocycles. The number of esters is 1. The van der Waals surface area contributed by atoms with E-state index in [9.17, 15) is 4.79 Å². The zero-order valence-corrected chi connectivity index (χ0v) is 16.1. The van der Waals surface area contributed by atoms with Gasteiger partial charge in [-0.2, -0.15) is 5.10 Å². The van der Waals surface area contributed by atoms with E-state index in [0.717, 1.165) is 11.3 Å². The van der Waals surface area contributed by atoms with Crippen LogP contribution in [0.1, 0.15) is 36.7 Å². The number of nitrogens with zero attached hydrogens (tertiary/aromatic N) is 4. The van der Waals surface area contributed by atoms with Gasteiger partial charge in [-0.3, -0.25) is 0 Å². The fraction of sp³-hybridized carbons (Fsp3) is 0.300. The van der Waals surface area contributed by atoms with Crippen molar-refractivity contribution in [2.24, 2.45) is 0 Å². The van der Waals surface area contributed by atoms with Crippen LogP contribution in [0.4, 0.5) is 0 Å². The molecule has 8 nitrogen and oxygen atoms in total. The fourth-order valence-corrected chi connectivity index (χ4v) is 3.45. The lowest BCUT2D eigenvalue weighted by Crippen LogP contribution is -2.24. The van der Waals surface area contributed by atoms with E-state index in [0.29, 0.717) is 34.2 Å². The Labute approximate surface area is 161 Å². The number of aromatic nitrogens is 4. The number of hydrogen-bond acceptors (Lipinski definition) is 7. The molecule has 0 fully saturated rings. The molecule has 0 spiro atoms. The summed E-state index contributed by atoms with van der Waals surface area (Å²) in [6, 6.07) is 7.53. The van der Waals surface area contributed by atoms with Crippen LogP contribution in [0.15, 0.2) is 41.9 Å². The van der Waals surface area contributed by atoms with Crippen molar-refractivity contribution in [2.45, 2.75) is 26.7 Å². The van der Waals surface area contributed by atoms with Crippen LogP contribution in [0.3, 0.4) is 0 Å². The summed E-state index contributed by atoms with van der Waals surface area (Å²) in [5, 5.41) is 4.34. The van der Waals surface area contributed by atoms with Crippen molar-refractivity contribution in [1.29, 1.82) is 0 Å². The second-order valence-electron chi connectivity index (χ2n) is 6.39. The van der Waals surface area contributed by atoms with Crippen LogP contribution in [0.5, 0.6) is 11.6 Å². The van der Waals surface area contributed by atoms with Gasteiger partial charge in [-0.25, -0.2) is 19.3 Å². The van der Waals surface area contributed by atoms with Crippen LogP contribution in [-0.4, -0.2) is 39.3 Å². The lowest BCUT2D eigenvalue weighted by Gasteiger charge is -2.28. The highest BCUT2D eigenvalue weighted by molar-refractivity contribution is 5.93. The van der Waals surface area contributed by atoms with Crippen LogP contribution >= 0.6 is 0 Å².